The predicted molar refractivity (Wildman–Crippen MR) is 62.6 cm³/mol. The Morgan fingerprint density at radius 2 is 2.00 bits per heavy atom. The maximum Gasteiger partial charge on any atom is 0.393 e. The van der Waals surface area contributed by atoms with E-state index in [1.165, 1.54) is 0 Å². The quantitative estimate of drug-likeness (QED) is 0.833. The fraction of sp³-hybridized carbons (Fsp3) is 1.00. The van der Waals surface area contributed by atoms with Crippen LogP contribution in [-0.2, 0) is 0 Å². The van der Waals surface area contributed by atoms with E-state index in [1.807, 2.05) is 4.90 Å². The van der Waals surface area contributed by atoms with Crippen LogP contribution in [0, 0.1) is 11.8 Å². The van der Waals surface area contributed by atoms with Crippen LogP contribution in [0.4, 0.5) is 13.2 Å². The Hall–Kier alpha value is -0.290. The lowest BCUT2D eigenvalue weighted by atomic mass is 9.96. The summed E-state index contributed by atoms with van der Waals surface area (Å²) in [5.41, 5.74) is 5.94. The van der Waals surface area contributed by atoms with Crippen molar-refractivity contribution in [3.05, 3.63) is 0 Å². The standard InChI is InChI=1S/C12H23F3N2/c1-9(2)6-11(16)8-17-5-3-4-10(7-17)12(13,14)15/h9-11H,3-8,16H2,1-2H3. The van der Waals surface area contributed by atoms with E-state index in [1.54, 1.807) is 0 Å². The first-order valence-electron chi connectivity index (χ1n) is 6.33. The highest BCUT2D eigenvalue weighted by molar-refractivity contribution is 4.80. The molecule has 0 aliphatic carbocycles. The average molecular weight is 252 g/mol. The van der Waals surface area contributed by atoms with Gasteiger partial charge in [0.15, 0.2) is 0 Å². The lowest BCUT2D eigenvalue weighted by molar-refractivity contribution is -0.186. The second-order valence-corrected chi connectivity index (χ2v) is 5.53. The molecule has 5 heteroatoms. The van der Waals surface area contributed by atoms with Crippen LogP contribution >= 0.6 is 0 Å². The molecule has 1 heterocycles. The van der Waals surface area contributed by atoms with E-state index in [0.717, 1.165) is 13.0 Å². The monoisotopic (exact) mass is 252 g/mol. The number of hydrogen-bond donors (Lipinski definition) is 1. The first-order chi connectivity index (χ1) is 7.79. The molecule has 2 atom stereocenters. The summed E-state index contributed by atoms with van der Waals surface area (Å²) in [6.07, 6.45) is -2.30. The van der Waals surface area contributed by atoms with Gasteiger partial charge in [-0.2, -0.15) is 13.2 Å². The number of piperidine rings is 1. The van der Waals surface area contributed by atoms with Crippen molar-refractivity contribution in [2.45, 2.75) is 45.3 Å². The highest BCUT2D eigenvalue weighted by Gasteiger charge is 2.41. The normalized spacial score (nSPS) is 25.2. The highest BCUT2D eigenvalue weighted by Crippen LogP contribution is 2.33. The topological polar surface area (TPSA) is 29.3 Å². The summed E-state index contributed by atoms with van der Waals surface area (Å²) in [7, 11) is 0. The predicted octanol–water partition coefficient (Wildman–Crippen LogP) is 2.63. The van der Waals surface area contributed by atoms with E-state index in [4.69, 9.17) is 5.73 Å². The summed E-state index contributed by atoms with van der Waals surface area (Å²) in [5.74, 6) is -0.671. The Balaban J connectivity index is 2.39. The lowest BCUT2D eigenvalue weighted by Crippen LogP contribution is -2.46. The zero-order valence-corrected chi connectivity index (χ0v) is 10.6. The van der Waals surface area contributed by atoms with Gasteiger partial charge in [-0.05, 0) is 31.7 Å². The van der Waals surface area contributed by atoms with E-state index in [-0.39, 0.29) is 19.0 Å². The van der Waals surface area contributed by atoms with Crippen LogP contribution < -0.4 is 5.73 Å². The summed E-state index contributed by atoms with van der Waals surface area (Å²) >= 11 is 0. The fourth-order valence-corrected chi connectivity index (χ4v) is 2.50. The number of nitrogens with zero attached hydrogens (tertiary/aromatic N) is 1. The molecule has 0 aromatic rings. The fourth-order valence-electron chi connectivity index (χ4n) is 2.50. The largest absolute Gasteiger partial charge is 0.393 e. The van der Waals surface area contributed by atoms with Crippen LogP contribution in [0.5, 0.6) is 0 Å². The van der Waals surface area contributed by atoms with Gasteiger partial charge in [-0.15, -0.1) is 0 Å². The van der Waals surface area contributed by atoms with Crippen molar-refractivity contribution in [2.75, 3.05) is 19.6 Å². The minimum absolute atomic E-state index is 0.0121. The number of rotatable bonds is 4. The van der Waals surface area contributed by atoms with Crippen molar-refractivity contribution in [1.29, 1.82) is 0 Å². The minimum Gasteiger partial charge on any atom is -0.327 e. The van der Waals surface area contributed by atoms with Gasteiger partial charge in [0.05, 0.1) is 5.92 Å². The van der Waals surface area contributed by atoms with E-state index < -0.39 is 12.1 Å². The van der Waals surface area contributed by atoms with Crippen LogP contribution in [0.25, 0.3) is 0 Å². The SMILES string of the molecule is CC(C)CC(N)CN1CCCC(C(F)(F)F)C1. The van der Waals surface area contributed by atoms with Crippen molar-refractivity contribution in [1.82, 2.24) is 4.90 Å². The van der Waals surface area contributed by atoms with Gasteiger partial charge in [0, 0.05) is 19.1 Å². The van der Waals surface area contributed by atoms with Gasteiger partial charge in [-0.25, -0.2) is 0 Å². The van der Waals surface area contributed by atoms with E-state index in [9.17, 15) is 13.2 Å². The summed E-state index contributed by atoms with van der Waals surface area (Å²) < 4.78 is 37.8. The molecule has 102 valence electrons. The zero-order valence-electron chi connectivity index (χ0n) is 10.6. The van der Waals surface area contributed by atoms with Gasteiger partial charge in [0.2, 0.25) is 0 Å². The number of hydrogen-bond acceptors (Lipinski definition) is 2. The van der Waals surface area contributed by atoms with Crippen molar-refractivity contribution in [3.63, 3.8) is 0 Å². The molecule has 0 bridgehead atoms. The van der Waals surface area contributed by atoms with Gasteiger partial charge in [-0.1, -0.05) is 13.8 Å². The molecule has 17 heavy (non-hydrogen) atoms. The molecule has 0 aromatic heterocycles. The average Bonchev–Trinajstić information content (AvgIpc) is 2.15. The molecule has 0 saturated carbocycles. The van der Waals surface area contributed by atoms with E-state index >= 15 is 0 Å². The summed E-state index contributed by atoms with van der Waals surface area (Å²) in [6.45, 7) is 5.61. The molecule has 2 unspecified atom stereocenters. The van der Waals surface area contributed by atoms with Crippen LogP contribution in [0.3, 0.4) is 0 Å². The Labute approximate surface area is 101 Å². The van der Waals surface area contributed by atoms with Crippen LogP contribution in [0.2, 0.25) is 0 Å². The summed E-state index contributed by atoms with van der Waals surface area (Å²) in [6, 6.07) is -0.0121. The third-order valence-corrected chi connectivity index (χ3v) is 3.24. The van der Waals surface area contributed by atoms with E-state index in [0.29, 0.717) is 18.9 Å². The summed E-state index contributed by atoms with van der Waals surface area (Å²) in [4.78, 5) is 1.87. The van der Waals surface area contributed by atoms with Crippen molar-refractivity contribution in [3.8, 4) is 0 Å². The van der Waals surface area contributed by atoms with Crippen LogP contribution in [0.1, 0.15) is 33.1 Å². The van der Waals surface area contributed by atoms with Gasteiger partial charge in [-0.3, -0.25) is 0 Å². The molecule has 1 aliphatic heterocycles. The van der Waals surface area contributed by atoms with Crippen molar-refractivity contribution in [2.24, 2.45) is 17.6 Å². The smallest absolute Gasteiger partial charge is 0.327 e. The molecule has 0 radical (unpaired) electrons. The summed E-state index contributed by atoms with van der Waals surface area (Å²) in [5, 5.41) is 0. The van der Waals surface area contributed by atoms with Gasteiger partial charge < -0.3 is 10.6 Å². The second-order valence-electron chi connectivity index (χ2n) is 5.53. The van der Waals surface area contributed by atoms with Gasteiger partial charge in [0.25, 0.3) is 0 Å². The third kappa shape index (κ3) is 5.25. The molecule has 0 aromatic carbocycles. The molecular weight excluding hydrogens is 229 g/mol. The Morgan fingerprint density at radius 3 is 2.53 bits per heavy atom. The molecule has 2 N–H and O–H groups in total. The molecule has 0 spiro atoms. The Kier molecular flexibility index (Phi) is 5.25. The molecule has 0 amide bonds. The number of nitrogens with two attached hydrogens (primary N) is 1. The maximum absolute atomic E-state index is 12.6. The van der Waals surface area contributed by atoms with Gasteiger partial charge >= 0.3 is 6.18 Å². The number of alkyl halides is 3. The molecule has 1 aliphatic rings. The second kappa shape index (κ2) is 6.05. The molecule has 1 rings (SSSR count). The molecule has 2 nitrogen and oxygen atoms in total. The highest BCUT2D eigenvalue weighted by atomic mass is 19.4. The molecular formula is C12H23F3N2. The van der Waals surface area contributed by atoms with Crippen LogP contribution in [-0.4, -0.2) is 36.8 Å². The number of likely N-dealkylation sites (tertiary alicyclic amines) is 1. The Bertz CT molecular complexity index is 228. The Morgan fingerprint density at radius 1 is 1.35 bits per heavy atom. The lowest BCUT2D eigenvalue weighted by Gasteiger charge is -2.35. The van der Waals surface area contributed by atoms with E-state index in [2.05, 4.69) is 13.8 Å². The minimum atomic E-state index is -4.05. The van der Waals surface area contributed by atoms with Crippen molar-refractivity contribution < 1.29 is 13.2 Å². The van der Waals surface area contributed by atoms with Crippen molar-refractivity contribution >= 4 is 0 Å². The molecule has 1 fully saturated rings. The molecule has 1 saturated heterocycles. The number of halogens is 3. The van der Waals surface area contributed by atoms with Gasteiger partial charge in [0.1, 0.15) is 0 Å². The first kappa shape index (κ1) is 14.8. The third-order valence-electron chi connectivity index (χ3n) is 3.24. The van der Waals surface area contributed by atoms with Crippen LogP contribution in [0.15, 0.2) is 0 Å². The first-order valence-corrected chi connectivity index (χ1v) is 6.33. The maximum atomic E-state index is 12.6. The zero-order chi connectivity index (χ0) is 13.1.